The molecular weight excluding hydrogens is 1190 g/mol. The third kappa shape index (κ3) is 13.7. The van der Waals surface area contributed by atoms with E-state index in [1.165, 1.54) is 128 Å². The smallest absolute Gasteiger partial charge is 0.0667 e. The molecule has 0 spiro atoms. The second-order valence-electron chi connectivity index (χ2n) is 36.1. The molecule has 36 atom stereocenters. The van der Waals surface area contributed by atoms with Gasteiger partial charge in [-0.3, -0.25) is 42.5 Å². The second kappa shape index (κ2) is 32.4. The Balaban J connectivity index is 0.897. The van der Waals surface area contributed by atoms with Crippen molar-refractivity contribution < 1.29 is 28.4 Å². The van der Waals surface area contributed by atoms with Crippen LogP contribution in [0.4, 0.5) is 0 Å². The minimum absolute atomic E-state index is 0.00167. The fourth-order valence-electron chi connectivity index (χ4n) is 27.0. The summed E-state index contributed by atoms with van der Waals surface area (Å²) >= 11 is 0. The van der Waals surface area contributed by atoms with Crippen LogP contribution in [0.1, 0.15) is 261 Å². The van der Waals surface area contributed by atoms with E-state index >= 15 is 0 Å². The number of hydrogen-bond acceptors (Lipinski definition) is 14. The summed E-state index contributed by atoms with van der Waals surface area (Å²) in [6.45, 7) is 24.7. The molecule has 15 aliphatic rings. The maximum absolute atomic E-state index is 7.85. The van der Waals surface area contributed by atoms with Gasteiger partial charge in [0, 0.05) is 75.1 Å². The van der Waals surface area contributed by atoms with Gasteiger partial charge in [-0.15, -0.1) is 0 Å². The van der Waals surface area contributed by atoms with E-state index in [4.69, 9.17) is 60.3 Å². The van der Waals surface area contributed by atoms with Gasteiger partial charge in [0.25, 0.3) is 0 Å². The first-order chi connectivity index (χ1) is 47.2. The molecule has 0 radical (unpaired) electrons. The summed E-state index contributed by atoms with van der Waals surface area (Å²) in [6, 6.07) is 0. The SMILES string of the molecule is CCCCOC1C2CCCCC2C(C)C2C3NC(NC4NC(NC5NC(NC6NC(N3)C3C(OCCCC)C7CCCCC7C(OCCCC)C63)C3C(C)C6CC7CCCCC7CC6C(OCCCC)C53)C3C(OCCCC)C5CC6CCCCC6CC5C(OCCCC)C43)C12. The molecule has 0 aromatic heterocycles. The molecule has 36 unspecified atom stereocenters. The molecule has 10 saturated carbocycles. The Labute approximate surface area is 584 Å². The van der Waals surface area contributed by atoms with E-state index in [0.29, 0.717) is 76.9 Å². The summed E-state index contributed by atoms with van der Waals surface area (Å²) in [6.07, 6.45) is 41.7. The van der Waals surface area contributed by atoms with Crippen molar-refractivity contribution in [2.75, 3.05) is 39.6 Å². The molecule has 8 bridgehead atoms. The minimum atomic E-state index is -0.00214. The third-order valence-electron chi connectivity index (χ3n) is 31.2. The van der Waals surface area contributed by atoms with E-state index in [2.05, 4.69) is 66.0 Å². The van der Waals surface area contributed by atoms with Crippen LogP contribution < -0.4 is 42.5 Å². The zero-order valence-electron chi connectivity index (χ0n) is 62.1. The maximum Gasteiger partial charge on any atom is 0.0667 e. The van der Waals surface area contributed by atoms with E-state index in [1.807, 2.05) is 0 Å². The normalized spacial score (nSPS) is 50.8. The molecule has 15 rings (SSSR count). The first-order valence-electron chi connectivity index (χ1n) is 43.0. The van der Waals surface area contributed by atoms with Gasteiger partial charge in [0.15, 0.2) is 0 Å². The molecule has 548 valence electrons. The molecule has 0 aromatic carbocycles. The Bertz CT molecular complexity index is 2410. The van der Waals surface area contributed by atoms with E-state index in [-0.39, 0.29) is 116 Å². The van der Waals surface area contributed by atoms with Gasteiger partial charge in [-0.2, -0.15) is 0 Å². The number of ether oxygens (including phenoxy) is 6. The van der Waals surface area contributed by atoms with Crippen LogP contribution in [0.15, 0.2) is 0 Å². The summed E-state index contributed by atoms with van der Waals surface area (Å²) in [4.78, 5) is 0. The van der Waals surface area contributed by atoms with Crippen LogP contribution in [0.5, 0.6) is 0 Å². The molecular formula is C82H144N8O6. The van der Waals surface area contributed by atoms with Crippen LogP contribution in [0.2, 0.25) is 0 Å². The Hall–Kier alpha value is -0.560. The standard InChI is InChI=1S/C82H144N8O6/c1-9-15-37-91-69-54-34-26-25-33-53(54)47(7)61-63(69)77-83-75(61)85-79-65-66(71(93-39-17-11-3)56-36-28-27-35-55(56)70(65)92-38-16-10-2)80(89-79)86-76-62-48(8)57-43-49-29-21-22-30-50(49)44-58(57)72(94-40-18-12-4)64(62)78(84-76)88-82-68-67(81(87-77)90-82)73(95-41-19-13-5)59-45-51-31-23-24-32-52(51)46-60(59)74(68)96-42-20-14-6/h47-90H,9-46H2,1-8H3. The quantitative estimate of drug-likeness (QED) is 0.0433. The number of fused-ring (bicyclic) bond motifs is 26. The Morgan fingerprint density at radius 1 is 0.229 bits per heavy atom. The lowest BCUT2D eigenvalue weighted by atomic mass is 9.52. The number of hydrogen-bond donors (Lipinski definition) is 8. The largest absolute Gasteiger partial charge is 0.378 e. The van der Waals surface area contributed by atoms with Gasteiger partial charge in [-0.05, 0) is 185 Å². The van der Waals surface area contributed by atoms with Crippen LogP contribution in [0.25, 0.3) is 0 Å². The highest BCUT2D eigenvalue weighted by molar-refractivity contribution is 5.19. The summed E-state index contributed by atoms with van der Waals surface area (Å²) in [5, 5.41) is 38.0. The number of rotatable bonds is 24. The van der Waals surface area contributed by atoms with E-state index in [0.717, 1.165) is 140 Å². The van der Waals surface area contributed by atoms with Crippen molar-refractivity contribution in [3.05, 3.63) is 0 Å². The zero-order chi connectivity index (χ0) is 65.6. The van der Waals surface area contributed by atoms with Crippen molar-refractivity contribution in [2.24, 2.45) is 130 Å². The molecule has 15 fully saturated rings. The van der Waals surface area contributed by atoms with Crippen LogP contribution in [0.3, 0.4) is 0 Å². The Morgan fingerprint density at radius 2 is 0.427 bits per heavy atom. The van der Waals surface area contributed by atoms with Gasteiger partial charge in [0.1, 0.15) is 0 Å². The number of nitrogens with one attached hydrogen (secondary N) is 8. The van der Waals surface area contributed by atoms with Gasteiger partial charge < -0.3 is 28.4 Å². The van der Waals surface area contributed by atoms with Crippen molar-refractivity contribution in [3.8, 4) is 0 Å². The molecule has 5 aliphatic heterocycles. The molecule has 8 N–H and O–H groups in total. The van der Waals surface area contributed by atoms with Crippen LogP contribution in [0, 0.1) is 130 Å². The zero-order valence-corrected chi connectivity index (χ0v) is 62.1. The predicted molar refractivity (Wildman–Crippen MR) is 384 cm³/mol. The van der Waals surface area contributed by atoms with Gasteiger partial charge in [-0.1, -0.05) is 171 Å². The first kappa shape index (κ1) is 71.1. The highest BCUT2D eigenvalue weighted by Crippen LogP contribution is 2.62. The summed E-state index contributed by atoms with van der Waals surface area (Å²) < 4.78 is 46.5. The Kier molecular flexibility index (Phi) is 24.0. The second-order valence-corrected chi connectivity index (χ2v) is 36.1. The first-order valence-corrected chi connectivity index (χ1v) is 43.0. The number of unbranched alkanes of at least 4 members (excludes halogenated alkanes) is 6. The molecule has 0 amide bonds. The maximum atomic E-state index is 7.85. The van der Waals surface area contributed by atoms with Crippen LogP contribution in [-0.2, 0) is 28.4 Å². The molecule has 0 aromatic rings. The van der Waals surface area contributed by atoms with Crippen molar-refractivity contribution in [1.82, 2.24) is 42.5 Å². The topological polar surface area (TPSA) is 152 Å². The van der Waals surface area contributed by atoms with E-state index in [9.17, 15) is 0 Å². The summed E-state index contributed by atoms with van der Waals surface area (Å²) in [7, 11) is 0. The van der Waals surface area contributed by atoms with Crippen LogP contribution in [-0.4, -0.2) is 126 Å². The van der Waals surface area contributed by atoms with Crippen molar-refractivity contribution in [1.29, 1.82) is 0 Å². The molecule has 5 saturated heterocycles. The minimum Gasteiger partial charge on any atom is -0.378 e. The molecule has 14 nitrogen and oxygen atoms in total. The fourth-order valence-corrected chi connectivity index (χ4v) is 27.0. The monoisotopic (exact) mass is 1340 g/mol. The van der Waals surface area contributed by atoms with Crippen molar-refractivity contribution in [3.63, 3.8) is 0 Å². The predicted octanol–water partition coefficient (Wildman–Crippen LogP) is 14.0. The van der Waals surface area contributed by atoms with Crippen molar-refractivity contribution in [2.45, 2.75) is 347 Å². The fraction of sp³-hybridized carbons (Fsp3) is 1.00. The van der Waals surface area contributed by atoms with E-state index in [1.54, 1.807) is 0 Å². The van der Waals surface area contributed by atoms with Gasteiger partial charge in [-0.25, -0.2) is 0 Å². The third-order valence-corrected chi connectivity index (χ3v) is 31.2. The lowest BCUT2D eigenvalue weighted by Crippen LogP contribution is -2.64. The van der Waals surface area contributed by atoms with Gasteiger partial charge >= 0.3 is 0 Å². The van der Waals surface area contributed by atoms with E-state index < -0.39 is 0 Å². The lowest BCUT2D eigenvalue weighted by Gasteiger charge is -2.57. The summed E-state index contributed by atoms with van der Waals surface area (Å²) in [5.41, 5.74) is 0. The van der Waals surface area contributed by atoms with Crippen LogP contribution >= 0.6 is 0 Å². The molecule has 10 aliphatic carbocycles. The van der Waals surface area contributed by atoms with Crippen molar-refractivity contribution >= 4 is 0 Å². The highest BCUT2D eigenvalue weighted by atomic mass is 16.5. The average Bonchev–Trinajstić information content (AvgIpc) is 1.46. The Morgan fingerprint density at radius 3 is 0.708 bits per heavy atom. The molecule has 5 heterocycles. The highest BCUT2D eigenvalue weighted by Gasteiger charge is 2.69. The molecule has 96 heavy (non-hydrogen) atoms. The summed E-state index contributed by atoms with van der Waals surface area (Å²) in [5.74, 6) is 11.0. The average molecular weight is 1340 g/mol. The van der Waals surface area contributed by atoms with Gasteiger partial charge in [0.2, 0.25) is 0 Å². The van der Waals surface area contributed by atoms with Gasteiger partial charge in [0.05, 0.1) is 86.0 Å². The molecule has 14 heteroatoms. The lowest BCUT2D eigenvalue weighted by molar-refractivity contribution is -0.187.